The van der Waals surface area contributed by atoms with Crippen LogP contribution in [0.25, 0.3) is 22.2 Å². The molecule has 1 N–H and O–H groups in total. The van der Waals surface area contributed by atoms with E-state index < -0.39 is 11.4 Å². The van der Waals surface area contributed by atoms with E-state index in [0.29, 0.717) is 29.7 Å². The highest BCUT2D eigenvalue weighted by Gasteiger charge is 2.30. The van der Waals surface area contributed by atoms with E-state index in [9.17, 15) is 9.90 Å². The van der Waals surface area contributed by atoms with Crippen LogP contribution >= 0.6 is 0 Å². The fourth-order valence-corrected chi connectivity index (χ4v) is 4.90. The van der Waals surface area contributed by atoms with Gasteiger partial charge in [-0.3, -0.25) is 4.79 Å². The van der Waals surface area contributed by atoms with Gasteiger partial charge in [0.15, 0.2) is 24.4 Å². The number of aromatic nitrogens is 2. The number of para-hydroxylation sites is 4. The third-order valence-electron chi connectivity index (χ3n) is 7.22. The lowest BCUT2D eigenvalue weighted by atomic mass is 9.73. The summed E-state index contributed by atoms with van der Waals surface area (Å²) < 4.78 is 23.3. The second kappa shape index (κ2) is 11.2. The molecule has 6 rings (SSSR count). The quantitative estimate of drug-likeness (QED) is 0.180. The van der Waals surface area contributed by atoms with Gasteiger partial charge in [-0.05, 0) is 66.1 Å². The van der Waals surface area contributed by atoms with Gasteiger partial charge in [0, 0.05) is 11.8 Å². The van der Waals surface area contributed by atoms with Crippen molar-refractivity contribution in [3.05, 3.63) is 120 Å². The molecule has 206 valence electrons. The lowest BCUT2D eigenvalue weighted by Gasteiger charge is -2.31. The van der Waals surface area contributed by atoms with Crippen molar-refractivity contribution in [3.63, 3.8) is 0 Å². The number of carboxylic acids is 1. The molecule has 0 saturated carbocycles. The van der Waals surface area contributed by atoms with E-state index in [2.05, 4.69) is 16.9 Å². The Kier molecular flexibility index (Phi) is 7.12. The Morgan fingerprint density at radius 2 is 1.15 bits per heavy atom. The van der Waals surface area contributed by atoms with Gasteiger partial charge in [-0.15, -0.1) is 0 Å². The molecule has 8 nitrogen and oxygen atoms in total. The number of aliphatic carboxylic acids is 1. The number of nitrogens with zero attached hydrogens (tertiary/aromatic N) is 2. The van der Waals surface area contributed by atoms with Gasteiger partial charge in [0.1, 0.15) is 22.5 Å². The van der Waals surface area contributed by atoms with E-state index in [1.54, 1.807) is 0 Å². The van der Waals surface area contributed by atoms with E-state index in [-0.39, 0.29) is 19.6 Å². The lowest BCUT2D eigenvalue weighted by Crippen LogP contribution is -2.25. The number of carbonyl (C=O) groups is 1. The molecule has 2 heterocycles. The van der Waals surface area contributed by atoms with Crippen LogP contribution in [0.1, 0.15) is 42.7 Å². The maximum absolute atomic E-state index is 11.5. The Hall–Kier alpha value is -5.11. The predicted octanol–water partition coefficient (Wildman–Crippen LogP) is 7.30. The third-order valence-corrected chi connectivity index (χ3v) is 7.22. The monoisotopic (exact) mass is 548 g/mol. The Morgan fingerprint density at radius 1 is 0.707 bits per heavy atom. The average Bonchev–Trinajstić information content (AvgIpc) is 3.62. The molecule has 4 aromatic carbocycles. The zero-order valence-electron chi connectivity index (χ0n) is 22.4. The molecule has 41 heavy (non-hydrogen) atoms. The number of oxazole rings is 2. The highest BCUT2D eigenvalue weighted by molar-refractivity contribution is 5.72. The summed E-state index contributed by atoms with van der Waals surface area (Å²) in [6.07, 6.45) is 0.455. The van der Waals surface area contributed by atoms with Crippen molar-refractivity contribution in [3.8, 4) is 11.5 Å². The molecule has 2 aromatic heterocycles. The molecule has 0 aliphatic carbocycles. The second-order valence-electron chi connectivity index (χ2n) is 10.0. The number of hydrogen-bond donors (Lipinski definition) is 1. The van der Waals surface area contributed by atoms with E-state index in [4.69, 9.17) is 18.3 Å². The van der Waals surface area contributed by atoms with Crippen LogP contribution in [0.5, 0.6) is 11.5 Å². The van der Waals surface area contributed by atoms with Gasteiger partial charge in [-0.2, -0.15) is 0 Å². The fourth-order valence-electron chi connectivity index (χ4n) is 4.90. The molecule has 0 amide bonds. The maximum Gasteiger partial charge on any atom is 0.303 e. The molecule has 0 saturated heterocycles. The van der Waals surface area contributed by atoms with E-state index >= 15 is 0 Å². The summed E-state index contributed by atoms with van der Waals surface area (Å²) >= 11 is 0. The molecule has 0 aliphatic rings. The minimum Gasteiger partial charge on any atom is -0.484 e. The topological polar surface area (TPSA) is 108 Å². The number of benzene rings is 4. The maximum atomic E-state index is 11.5. The predicted molar refractivity (Wildman–Crippen MR) is 153 cm³/mol. The first-order valence-corrected chi connectivity index (χ1v) is 13.3. The minimum absolute atomic E-state index is 0.0302. The molecule has 0 fully saturated rings. The van der Waals surface area contributed by atoms with Crippen LogP contribution in [0, 0.1) is 0 Å². The summed E-state index contributed by atoms with van der Waals surface area (Å²) in [6.45, 7) is 2.46. The van der Waals surface area contributed by atoms with Crippen LogP contribution in [0.15, 0.2) is 106 Å². The van der Waals surface area contributed by atoms with E-state index in [1.165, 1.54) is 0 Å². The number of fused-ring (bicyclic) bond motifs is 2. The van der Waals surface area contributed by atoms with Crippen molar-refractivity contribution in [1.82, 2.24) is 9.97 Å². The van der Waals surface area contributed by atoms with Crippen molar-refractivity contribution < 1.29 is 28.2 Å². The van der Waals surface area contributed by atoms with Gasteiger partial charge in [0.05, 0.1) is 0 Å². The van der Waals surface area contributed by atoms with Gasteiger partial charge in [-0.1, -0.05) is 55.5 Å². The largest absolute Gasteiger partial charge is 0.484 e. The number of carboxylic acid groups (broad SMARTS) is 1. The van der Waals surface area contributed by atoms with Gasteiger partial charge >= 0.3 is 5.97 Å². The van der Waals surface area contributed by atoms with Crippen LogP contribution in [0.3, 0.4) is 0 Å². The van der Waals surface area contributed by atoms with Crippen molar-refractivity contribution >= 4 is 28.2 Å². The van der Waals surface area contributed by atoms with Crippen molar-refractivity contribution in [2.75, 3.05) is 0 Å². The molecule has 0 radical (unpaired) electrons. The van der Waals surface area contributed by atoms with Gasteiger partial charge in [0.2, 0.25) is 11.8 Å². The standard InChI is InChI=1S/C33H28N2O6/c1-33(19-18-32(36)37,22-10-14-24(15-11-22)38-20-30-34-26-6-2-4-8-28(26)40-30)23-12-16-25(17-13-23)39-21-31-35-27-7-3-5-9-29(27)41-31/h2-17H,18-21H2,1H3,(H,36,37). The Balaban J connectivity index is 1.15. The van der Waals surface area contributed by atoms with Crippen LogP contribution in [-0.4, -0.2) is 21.0 Å². The first-order chi connectivity index (χ1) is 20.0. The van der Waals surface area contributed by atoms with Crippen molar-refractivity contribution in [2.24, 2.45) is 0 Å². The first kappa shape index (κ1) is 26.1. The van der Waals surface area contributed by atoms with E-state index in [1.807, 2.05) is 97.1 Å². The summed E-state index contributed by atoms with van der Waals surface area (Å²) in [5.41, 5.74) is 4.44. The summed E-state index contributed by atoms with van der Waals surface area (Å²) in [5.74, 6) is 1.49. The van der Waals surface area contributed by atoms with Gasteiger partial charge in [-0.25, -0.2) is 9.97 Å². The molecule has 8 heteroatoms. The first-order valence-electron chi connectivity index (χ1n) is 13.3. The van der Waals surface area contributed by atoms with Crippen LogP contribution in [0.2, 0.25) is 0 Å². The number of ether oxygens (including phenoxy) is 2. The summed E-state index contributed by atoms with van der Waals surface area (Å²) in [4.78, 5) is 20.4. The van der Waals surface area contributed by atoms with Crippen molar-refractivity contribution in [1.29, 1.82) is 0 Å². The molecule has 6 aromatic rings. The van der Waals surface area contributed by atoms with E-state index in [0.717, 1.165) is 33.3 Å². The lowest BCUT2D eigenvalue weighted by molar-refractivity contribution is -0.137. The molecule has 0 bridgehead atoms. The molecular weight excluding hydrogens is 520 g/mol. The van der Waals surface area contributed by atoms with Crippen LogP contribution < -0.4 is 9.47 Å². The highest BCUT2D eigenvalue weighted by Crippen LogP contribution is 2.38. The smallest absolute Gasteiger partial charge is 0.303 e. The molecule has 0 atom stereocenters. The van der Waals surface area contributed by atoms with Crippen molar-refractivity contribution in [2.45, 2.75) is 38.4 Å². The molecule has 0 aliphatic heterocycles. The normalized spacial score (nSPS) is 11.6. The molecular formula is C33H28N2O6. The zero-order chi connectivity index (χ0) is 28.2. The average molecular weight is 549 g/mol. The van der Waals surface area contributed by atoms with Crippen LogP contribution in [-0.2, 0) is 23.4 Å². The second-order valence-corrected chi connectivity index (χ2v) is 10.0. The number of rotatable bonds is 11. The zero-order valence-corrected chi connectivity index (χ0v) is 22.4. The highest BCUT2D eigenvalue weighted by atomic mass is 16.5. The Morgan fingerprint density at radius 3 is 1.56 bits per heavy atom. The van der Waals surface area contributed by atoms with Gasteiger partial charge < -0.3 is 23.4 Å². The summed E-state index contributed by atoms with van der Waals surface area (Å²) in [7, 11) is 0. The summed E-state index contributed by atoms with van der Waals surface area (Å²) in [5, 5.41) is 9.45. The van der Waals surface area contributed by atoms with Crippen LogP contribution in [0.4, 0.5) is 0 Å². The number of hydrogen-bond acceptors (Lipinski definition) is 7. The fraction of sp³-hybridized carbons (Fsp3) is 0.182. The van der Waals surface area contributed by atoms with Gasteiger partial charge in [0.25, 0.3) is 0 Å². The summed E-state index contributed by atoms with van der Waals surface area (Å²) in [6, 6.07) is 30.6. The third kappa shape index (κ3) is 5.77. The molecule has 0 unspecified atom stereocenters. The Labute approximate surface area is 236 Å². The SMILES string of the molecule is CC(CCC(=O)O)(c1ccc(OCc2nc3ccccc3o2)cc1)c1ccc(OCc2nc3ccccc3o2)cc1. The minimum atomic E-state index is -0.840. The molecule has 0 spiro atoms. The Bertz CT molecular complexity index is 1600.